The van der Waals surface area contributed by atoms with E-state index in [2.05, 4.69) is 18.8 Å². The lowest BCUT2D eigenvalue weighted by Gasteiger charge is -2.06. The van der Waals surface area contributed by atoms with Crippen LogP contribution < -0.4 is 5.32 Å². The highest BCUT2D eigenvalue weighted by Crippen LogP contribution is 2.13. The van der Waals surface area contributed by atoms with Crippen molar-refractivity contribution >= 4 is 5.91 Å². The third-order valence-electron chi connectivity index (χ3n) is 6.16. The molecule has 0 fully saturated rings. The van der Waals surface area contributed by atoms with Gasteiger partial charge in [0.1, 0.15) is 0 Å². The summed E-state index contributed by atoms with van der Waals surface area (Å²) < 4.78 is 0. The van der Waals surface area contributed by atoms with E-state index in [9.17, 15) is 4.79 Å². The number of unbranched alkanes of at least 4 members (excludes halogenated alkanes) is 20. The Morgan fingerprint density at radius 3 is 1.45 bits per heavy atom. The molecule has 0 saturated heterocycles. The molecule has 31 heavy (non-hydrogen) atoms. The van der Waals surface area contributed by atoms with Crippen molar-refractivity contribution in [2.75, 3.05) is 6.54 Å². The second-order valence-corrected chi connectivity index (χ2v) is 9.25. The molecule has 1 amide bonds. The highest BCUT2D eigenvalue weighted by atomic mass is 16.1. The Bertz CT molecular complexity index is 353. The summed E-state index contributed by atoms with van der Waals surface area (Å²) in [6.07, 6.45) is 32.1. The van der Waals surface area contributed by atoms with Gasteiger partial charge in [0.05, 0.1) is 0 Å². The minimum atomic E-state index is 0. The van der Waals surface area contributed by atoms with Crippen molar-refractivity contribution in [1.29, 1.82) is 0 Å². The fraction of sp³-hybridized carbons (Fsp3) is 0.897. The molecule has 0 aliphatic rings. The van der Waals surface area contributed by atoms with Gasteiger partial charge in [0.2, 0.25) is 5.91 Å². The molecule has 2 heteroatoms. The number of carbonyl (C=O) groups is 1. The number of rotatable bonds is 25. The number of allylic oxidation sites excluding steroid dienone is 1. The molecule has 1 N–H and O–H groups in total. The average Bonchev–Trinajstić information content (AvgIpc) is 2.75. The Morgan fingerprint density at radius 2 is 1.00 bits per heavy atom. The van der Waals surface area contributed by atoms with E-state index < -0.39 is 0 Å². The van der Waals surface area contributed by atoms with Crippen LogP contribution in [-0.4, -0.2) is 12.5 Å². The summed E-state index contributed by atoms with van der Waals surface area (Å²) >= 11 is 0. The lowest BCUT2D eigenvalue weighted by molar-refractivity contribution is -0.121. The monoisotopic (exact) mass is 437 g/mol. The third-order valence-corrected chi connectivity index (χ3v) is 6.16. The summed E-state index contributed by atoms with van der Waals surface area (Å²) in [5.74, 6) is 0.252. The normalized spacial score (nSPS) is 10.6. The molecule has 0 radical (unpaired) electrons. The first-order valence-electron chi connectivity index (χ1n) is 13.7. The van der Waals surface area contributed by atoms with Crippen LogP contribution in [0.5, 0.6) is 0 Å². The van der Waals surface area contributed by atoms with E-state index in [0.29, 0.717) is 6.42 Å². The predicted molar refractivity (Wildman–Crippen MR) is 142 cm³/mol. The zero-order valence-corrected chi connectivity index (χ0v) is 20.7. The SMILES string of the molecule is C.C=CCCCCCCCC(=O)NCCCCCCCCCCCCCCCCCC. The maximum Gasteiger partial charge on any atom is 0.219 e. The van der Waals surface area contributed by atoms with Crippen molar-refractivity contribution in [1.82, 2.24) is 5.32 Å². The maximum atomic E-state index is 11.8. The first-order chi connectivity index (χ1) is 14.8. The minimum absolute atomic E-state index is 0. The van der Waals surface area contributed by atoms with E-state index in [4.69, 9.17) is 0 Å². The van der Waals surface area contributed by atoms with Crippen molar-refractivity contribution in [3.05, 3.63) is 12.7 Å². The summed E-state index contributed by atoms with van der Waals surface area (Å²) in [4.78, 5) is 11.8. The molecule has 186 valence electrons. The lowest BCUT2D eigenvalue weighted by atomic mass is 10.0. The van der Waals surface area contributed by atoms with Crippen LogP contribution in [0, 0.1) is 0 Å². The molecule has 0 unspecified atom stereocenters. The summed E-state index contributed by atoms with van der Waals surface area (Å²) in [7, 11) is 0. The molecule has 0 aromatic rings. The van der Waals surface area contributed by atoms with Crippen LogP contribution in [-0.2, 0) is 4.79 Å². The smallest absolute Gasteiger partial charge is 0.219 e. The number of hydrogen-bond donors (Lipinski definition) is 1. The van der Waals surface area contributed by atoms with Gasteiger partial charge in [-0.2, -0.15) is 0 Å². The summed E-state index contributed by atoms with van der Waals surface area (Å²) in [5, 5.41) is 3.09. The van der Waals surface area contributed by atoms with E-state index >= 15 is 0 Å². The Labute approximate surface area is 197 Å². The van der Waals surface area contributed by atoms with Crippen LogP contribution in [0.3, 0.4) is 0 Å². The third kappa shape index (κ3) is 29.2. The molecular weight excluding hydrogens is 378 g/mol. The standard InChI is InChI=1S/C28H55NO.CH4/c1-3-5-7-9-11-12-13-14-15-16-17-18-19-21-23-25-27-29-28(30)26-24-22-20-10-8-6-4-2;/h4H,2-3,5-27H2,1H3,(H,29,30);1H4. The summed E-state index contributed by atoms with van der Waals surface area (Å²) in [6.45, 7) is 6.91. The fourth-order valence-electron chi connectivity index (χ4n) is 4.09. The summed E-state index contributed by atoms with van der Waals surface area (Å²) in [6, 6.07) is 0. The predicted octanol–water partition coefficient (Wildman–Crippen LogP) is 9.92. The zero-order valence-electron chi connectivity index (χ0n) is 20.7. The highest BCUT2D eigenvalue weighted by molar-refractivity contribution is 5.75. The first kappa shape index (κ1) is 32.4. The van der Waals surface area contributed by atoms with Gasteiger partial charge in [-0.05, 0) is 25.7 Å². The van der Waals surface area contributed by atoms with Gasteiger partial charge in [-0.15, -0.1) is 6.58 Å². The van der Waals surface area contributed by atoms with Crippen molar-refractivity contribution in [2.45, 2.75) is 162 Å². The zero-order chi connectivity index (χ0) is 22.0. The van der Waals surface area contributed by atoms with Crippen LogP contribution in [0.4, 0.5) is 0 Å². The van der Waals surface area contributed by atoms with Gasteiger partial charge in [0.15, 0.2) is 0 Å². The molecule has 0 spiro atoms. The van der Waals surface area contributed by atoms with Crippen molar-refractivity contribution in [3.8, 4) is 0 Å². The van der Waals surface area contributed by atoms with Gasteiger partial charge < -0.3 is 5.32 Å². The van der Waals surface area contributed by atoms with E-state index in [-0.39, 0.29) is 13.3 Å². The van der Waals surface area contributed by atoms with Crippen molar-refractivity contribution in [2.24, 2.45) is 0 Å². The van der Waals surface area contributed by atoms with Crippen molar-refractivity contribution in [3.63, 3.8) is 0 Å². The quantitative estimate of drug-likeness (QED) is 0.112. The largest absolute Gasteiger partial charge is 0.356 e. The van der Waals surface area contributed by atoms with E-state index in [1.54, 1.807) is 0 Å². The number of nitrogens with one attached hydrogen (secondary N) is 1. The molecule has 0 saturated carbocycles. The van der Waals surface area contributed by atoms with Crippen LogP contribution in [0.15, 0.2) is 12.7 Å². The second-order valence-electron chi connectivity index (χ2n) is 9.25. The van der Waals surface area contributed by atoms with E-state index in [1.165, 1.54) is 122 Å². The van der Waals surface area contributed by atoms with Gasteiger partial charge in [-0.25, -0.2) is 0 Å². The van der Waals surface area contributed by atoms with Gasteiger partial charge >= 0.3 is 0 Å². The Hall–Kier alpha value is -0.790. The van der Waals surface area contributed by atoms with Crippen LogP contribution in [0.25, 0.3) is 0 Å². The molecule has 0 bridgehead atoms. The van der Waals surface area contributed by atoms with Crippen LogP contribution in [0.2, 0.25) is 0 Å². The van der Waals surface area contributed by atoms with Crippen molar-refractivity contribution < 1.29 is 4.79 Å². The molecule has 0 aromatic carbocycles. The van der Waals surface area contributed by atoms with E-state index in [1.807, 2.05) is 6.08 Å². The van der Waals surface area contributed by atoms with Gasteiger partial charge in [-0.1, -0.05) is 136 Å². The van der Waals surface area contributed by atoms with E-state index in [0.717, 1.165) is 25.8 Å². The van der Waals surface area contributed by atoms with Gasteiger partial charge in [-0.3, -0.25) is 4.79 Å². The first-order valence-corrected chi connectivity index (χ1v) is 13.7. The maximum absolute atomic E-state index is 11.8. The number of carbonyl (C=O) groups excluding carboxylic acids is 1. The average molecular weight is 438 g/mol. The Morgan fingerprint density at radius 1 is 0.613 bits per heavy atom. The second kappa shape index (κ2) is 29.2. The topological polar surface area (TPSA) is 29.1 Å². The van der Waals surface area contributed by atoms with Gasteiger partial charge in [0.25, 0.3) is 0 Å². The minimum Gasteiger partial charge on any atom is -0.356 e. The molecular formula is C29H59NO. The molecule has 2 nitrogen and oxygen atoms in total. The number of hydrogen-bond acceptors (Lipinski definition) is 1. The molecule has 0 atom stereocenters. The summed E-state index contributed by atoms with van der Waals surface area (Å²) in [5.41, 5.74) is 0. The van der Waals surface area contributed by atoms with Crippen LogP contribution in [0.1, 0.15) is 162 Å². The lowest BCUT2D eigenvalue weighted by Crippen LogP contribution is -2.23. The fourth-order valence-corrected chi connectivity index (χ4v) is 4.09. The molecule has 0 aromatic heterocycles. The van der Waals surface area contributed by atoms with Gasteiger partial charge in [0, 0.05) is 13.0 Å². The number of amides is 1. The molecule has 0 aliphatic carbocycles. The molecule has 0 heterocycles. The Kier molecular flexibility index (Phi) is 30.5. The molecule has 0 aliphatic heterocycles. The highest BCUT2D eigenvalue weighted by Gasteiger charge is 2.00. The van der Waals surface area contributed by atoms with Crippen LogP contribution >= 0.6 is 0 Å². The Balaban J connectivity index is 0. The molecule has 0 rings (SSSR count).